The molecule has 23 heavy (non-hydrogen) atoms. The van der Waals surface area contributed by atoms with Gasteiger partial charge < -0.3 is 15.5 Å². The summed E-state index contributed by atoms with van der Waals surface area (Å²) < 4.78 is 1.77. The van der Waals surface area contributed by atoms with Gasteiger partial charge in [-0.25, -0.2) is 4.98 Å². The van der Waals surface area contributed by atoms with E-state index in [2.05, 4.69) is 34.9 Å². The molecule has 3 heterocycles. The van der Waals surface area contributed by atoms with Gasteiger partial charge in [-0.05, 0) is 32.0 Å². The molecule has 0 aliphatic carbocycles. The van der Waals surface area contributed by atoms with Crippen molar-refractivity contribution in [1.82, 2.24) is 14.6 Å². The molecular weight excluding hydrogens is 310 g/mol. The number of aromatic nitrogens is 3. The fourth-order valence-electron chi connectivity index (χ4n) is 2.97. The first kappa shape index (κ1) is 15.5. The Bertz CT molecular complexity index is 819. The van der Waals surface area contributed by atoms with Gasteiger partial charge >= 0.3 is 0 Å². The van der Waals surface area contributed by atoms with Gasteiger partial charge in [0.1, 0.15) is 23.3 Å². The van der Waals surface area contributed by atoms with Gasteiger partial charge in [0, 0.05) is 25.2 Å². The molecular formula is C15H19N7S. The fourth-order valence-corrected chi connectivity index (χ4v) is 3.05. The zero-order valence-electron chi connectivity index (χ0n) is 13.4. The summed E-state index contributed by atoms with van der Waals surface area (Å²) in [6.45, 7) is 5.24. The number of anilines is 2. The third-order valence-corrected chi connectivity index (χ3v) is 4.74. The molecule has 2 N–H and O–H groups in total. The first-order valence-electron chi connectivity index (χ1n) is 7.60. The van der Waals surface area contributed by atoms with E-state index in [1.54, 1.807) is 22.7 Å². The van der Waals surface area contributed by atoms with Crippen LogP contribution in [0.5, 0.6) is 0 Å². The number of hydrogen-bond acceptors (Lipinski definition) is 5. The number of fused-ring (bicyclic) bond motifs is 3. The largest absolute Gasteiger partial charge is 0.376 e. The van der Waals surface area contributed by atoms with E-state index >= 15 is 0 Å². The average Bonchev–Trinajstić information content (AvgIpc) is 3.15. The first-order valence-corrected chi connectivity index (χ1v) is 8.00. The topological polar surface area (TPSA) is 86.5 Å². The first-order chi connectivity index (χ1) is 11.0. The second-order valence-corrected chi connectivity index (χ2v) is 6.16. The molecule has 1 unspecified atom stereocenters. The minimum Gasteiger partial charge on any atom is -0.376 e. The second kappa shape index (κ2) is 5.66. The normalized spacial score (nSPS) is 14.6. The molecule has 1 atom stereocenters. The van der Waals surface area contributed by atoms with Crippen molar-refractivity contribution in [3.8, 4) is 6.07 Å². The van der Waals surface area contributed by atoms with Crippen molar-refractivity contribution in [3.05, 3.63) is 17.3 Å². The molecule has 3 rings (SSSR count). The molecule has 2 aromatic rings. The van der Waals surface area contributed by atoms with Crippen LogP contribution in [0.3, 0.4) is 0 Å². The lowest BCUT2D eigenvalue weighted by atomic mass is 10.2. The molecule has 2 aromatic heterocycles. The van der Waals surface area contributed by atoms with E-state index in [4.69, 9.17) is 18.0 Å². The van der Waals surface area contributed by atoms with Gasteiger partial charge in [0.2, 0.25) is 0 Å². The number of nitrogens with zero attached hydrogens (tertiary/aromatic N) is 6. The Morgan fingerprint density at radius 2 is 2.35 bits per heavy atom. The van der Waals surface area contributed by atoms with Crippen molar-refractivity contribution in [2.45, 2.75) is 32.7 Å². The van der Waals surface area contributed by atoms with E-state index in [-0.39, 0.29) is 5.11 Å². The van der Waals surface area contributed by atoms with Crippen LogP contribution in [0, 0.1) is 11.3 Å². The molecule has 0 bridgehead atoms. The second-order valence-electron chi connectivity index (χ2n) is 5.74. The van der Waals surface area contributed by atoms with Crippen molar-refractivity contribution in [2.75, 3.05) is 23.4 Å². The Labute approximate surface area is 140 Å². The fraction of sp³-hybridized carbons (Fsp3) is 0.467. The summed E-state index contributed by atoms with van der Waals surface area (Å²) in [7, 11) is 1.80. The lowest BCUT2D eigenvalue weighted by Crippen LogP contribution is -2.34. The van der Waals surface area contributed by atoms with E-state index in [9.17, 15) is 5.26 Å². The molecule has 7 nitrogen and oxygen atoms in total. The van der Waals surface area contributed by atoms with E-state index in [0.29, 0.717) is 23.1 Å². The maximum absolute atomic E-state index is 9.31. The summed E-state index contributed by atoms with van der Waals surface area (Å²) in [4.78, 5) is 8.64. The van der Waals surface area contributed by atoms with Gasteiger partial charge in [-0.3, -0.25) is 0 Å². The lowest BCUT2D eigenvalue weighted by molar-refractivity contribution is 0.623. The molecule has 0 aromatic carbocycles. The molecule has 1 aliphatic rings. The molecule has 0 saturated heterocycles. The molecule has 0 radical (unpaired) electrons. The van der Waals surface area contributed by atoms with Gasteiger partial charge in [0.15, 0.2) is 10.8 Å². The Balaban J connectivity index is 2.31. The summed E-state index contributed by atoms with van der Waals surface area (Å²) >= 11 is 5.10. The highest BCUT2D eigenvalue weighted by molar-refractivity contribution is 7.80. The van der Waals surface area contributed by atoms with Crippen LogP contribution < -0.4 is 15.5 Å². The predicted octanol–water partition coefficient (Wildman–Crippen LogP) is 1.44. The number of nitriles is 1. The zero-order valence-corrected chi connectivity index (χ0v) is 14.3. The molecule has 0 fully saturated rings. The molecule has 0 saturated carbocycles. The monoisotopic (exact) mass is 329 g/mol. The predicted molar refractivity (Wildman–Crippen MR) is 93.7 cm³/mol. The van der Waals surface area contributed by atoms with Crippen LogP contribution in [0.25, 0.3) is 5.65 Å². The molecule has 8 heteroatoms. The van der Waals surface area contributed by atoms with E-state index in [1.807, 2.05) is 0 Å². The summed E-state index contributed by atoms with van der Waals surface area (Å²) in [5.74, 6) is 1.70. The summed E-state index contributed by atoms with van der Waals surface area (Å²) in [5, 5.41) is 13.9. The van der Waals surface area contributed by atoms with Crippen LogP contribution in [-0.4, -0.2) is 39.3 Å². The van der Waals surface area contributed by atoms with Gasteiger partial charge in [0.05, 0.1) is 6.20 Å². The van der Waals surface area contributed by atoms with Gasteiger partial charge in [-0.2, -0.15) is 14.9 Å². The number of thiocarbonyl (C=S) groups is 1. The molecule has 0 spiro atoms. The highest BCUT2D eigenvalue weighted by atomic mass is 32.1. The Kier molecular flexibility index (Phi) is 3.82. The van der Waals surface area contributed by atoms with Gasteiger partial charge in [-0.15, -0.1) is 0 Å². The molecule has 0 amide bonds. The van der Waals surface area contributed by atoms with Crippen LogP contribution in [0.2, 0.25) is 0 Å². The van der Waals surface area contributed by atoms with E-state index in [1.165, 1.54) is 0 Å². The third kappa shape index (κ3) is 2.28. The minimum absolute atomic E-state index is 0.254. The van der Waals surface area contributed by atoms with Gasteiger partial charge in [0.25, 0.3) is 0 Å². The smallest absolute Gasteiger partial charge is 0.177 e. The lowest BCUT2D eigenvalue weighted by Gasteiger charge is -2.27. The zero-order chi connectivity index (χ0) is 16.7. The number of rotatable bonds is 3. The van der Waals surface area contributed by atoms with E-state index in [0.717, 1.165) is 30.8 Å². The van der Waals surface area contributed by atoms with Crippen LogP contribution >= 0.6 is 12.2 Å². The van der Waals surface area contributed by atoms with Crippen LogP contribution in [0.15, 0.2) is 6.20 Å². The van der Waals surface area contributed by atoms with Crippen molar-refractivity contribution >= 4 is 34.6 Å². The molecule has 120 valence electrons. The highest BCUT2D eigenvalue weighted by Crippen LogP contribution is 2.36. The van der Waals surface area contributed by atoms with Crippen molar-refractivity contribution < 1.29 is 0 Å². The Morgan fingerprint density at radius 1 is 1.61 bits per heavy atom. The highest BCUT2D eigenvalue weighted by Gasteiger charge is 2.31. The summed E-state index contributed by atoms with van der Waals surface area (Å²) in [5.41, 5.74) is 7.85. The van der Waals surface area contributed by atoms with Crippen LogP contribution in [-0.2, 0) is 6.42 Å². The van der Waals surface area contributed by atoms with Crippen molar-refractivity contribution in [1.29, 1.82) is 5.26 Å². The number of hydrogen-bond donors (Lipinski definition) is 1. The maximum atomic E-state index is 9.31. The van der Waals surface area contributed by atoms with Crippen LogP contribution in [0.4, 0.5) is 11.6 Å². The van der Waals surface area contributed by atoms with Crippen molar-refractivity contribution in [3.63, 3.8) is 0 Å². The van der Waals surface area contributed by atoms with Crippen molar-refractivity contribution in [2.24, 2.45) is 5.73 Å². The SMILES string of the molecule is CCC(C)N1CCc2c(N(C)C(N)=S)nc3c(C#N)cnn3c21. The average molecular weight is 329 g/mol. The van der Waals surface area contributed by atoms with Crippen LogP contribution in [0.1, 0.15) is 31.4 Å². The maximum Gasteiger partial charge on any atom is 0.177 e. The quantitative estimate of drug-likeness (QED) is 0.853. The summed E-state index contributed by atoms with van der Waals surface area (Å²) in [6.07, 6.45) is 3.43. The van der Waals surface area contributed by atoms with E-state index < -0.39 is 0 Å². The standard InChI is InChI=1S/C15H19N7S/c1-4-9(2)21-6-5-11-13(20(3)15(17)23)19-12-10(7-16)8-18-22(12)14(11)21/h8-9H,4-6H2,1-3H3,(H2,17,23). The Hall–Kier alpha value is -2.40. The number of nitrogens with two attached hydrogens (primary N) is 1. The minimum atomic E-state index is 0.254. The Morgan fingerprint density at radius 3 is 2.96 bits per heavy atom. The molecule has 1 aliphatic heterocycles. The van der Waals surface area contributed by atoms with Gasteiger partial charge in [-0.1, -0.05) is 6.92 Å². The summed E-state index contributed by atoms with van der Waals surface area (Å²) in [6, 6.07) is 2.52. The third-order valence-electron chi connectivity index (χ3n) is 4.46.